The molecule has 0 spiro atoms. The number of nitrogens with zero attached hydrogens (tertiary/aromatic N) is 3. The number of benzene rings is 1. The molecule has 2 heterocycles. The molecular weight excluding hydrogens is 294 g/mol. The van der Waals surface area contributed by atoms with Gasteiger partial charge in [-0.3, -0.25) is 14.7 Å². The topological polar surface area (TPSA) is 106 Å². The lowest BCUT2D eigenvalue weighted by Gasteiger charge is -2.19. The molecular formula is C13H11N3O6. The molecule has 0 unspecified atom stereocenters. The Bertz CT molecular complexity index is 754. The maximum atomic E-state index is 11.4. The summed E-state index contributed by atoms with van der Waals surface area (Å²) < 4.78 is 16.8. The third-order valence-electron chi connectivity index (χ3n) is 3.05. The van der Waals surface area contributed by atoms with Gasteiger partial charge in [-0.2, -0.15) is 0 Å². The molecule has 3 rings (SSSR count). The van der Waals surface area contributed by atoms with Gasteiger partial charge in [-0.15, -0.1) is 0 Å². The molecule has 0 bridgehead atoms. The van der Waals surface area contributed by atoms with Gasteiger partial charge in [-0.05, 0) is 13.0 Å². The van der Waals surface area contributed by atoms with E-state index in [2.05, 4.69) is 4.98 Å². The number of rotatable bonds is 3. The Labute approximate surface area is 124 Å². The van der Waals surface area contributed by atoms with Crippen LogP contribution in [-0.2, 0) is 11.3 Å². The smallest absolute Gasteiger partial charge is 0.485 e. The summed E-state index contributed by atoms with van der Waals surface area (Å²) in [4.78, 5) is 25.6. The molecule has 0 N–H and O–H groups in total. The van der Waals surface area contributed by atoms with E-state index >= 15 is 0 Å². The molecule has 0 saturated heterocycles. The summed E-state index contributed by atoms with van der Waals surface area (Å²) >= 11 is 0. The maximum Gasteiger partial charge on any atom is 0.515 e. The number of hydrogen-bond donors (Lipinski definition) is 0. The summed E-state index contributed by atoms with van der Waals surface area (Å²) in [5.74, 6) is 0.448. The lowest BCUT2D eigenvalue weighted by Crippen LogP contribution is -2.15. The quantitative estimate of drug-likeness (QED) is 0.486. The SMILES string of the molecule is CCOC(=O)Oc1ncn2c1COc1cc([N+](=O)[O-])ccc1-2. The Morgan fingerprint density at radius 1 is 1.55 bits per heavy atom. The lowest BCUT2D eigenvalue weighted by molar-refractivity contribution is -0.384. The first-order valence-electron chi connectivity index (χ1n) is 6.42. The number of non-ortho nitro benzene ring substituents is 1. The molecule has 0 saturated carbocycles. The molecule has 1 aliphatic rings. The summed E-state index contributed by atoms with van der Waals surface area (Å²) in [6, 6.07) is 4.25. The summed E-state index contributed by atoms with van der Waals surface area (Å²) in [7, 11) is 0. The highest BCUT2D eigenvalue weighted by Crippen LogP contribution is 2.35. The zero-order chi connectivity index (χ0) is 15.7. The highest BCUT2D eigenvalue weighted by atomic mass is 16.7. The standard InChI is InChI=1S/C13H11N3O6/c1-2-20-13(17)22-12-10-6-21-11-5-8(16(18)19)3-4-9(11)15(10)7-14-12/h3-5,7H,2,6H2,1H3. The minimum atomic E-state index is -0.849. The van der Waals surface area contributed by atoms with Crippen LogP contribution >= 0.6 is 0 Å². The van der Waals surface area contributed by atoms with Gasteiger partial charge in [0.1, 0.15) is 18.6 Å². The average molecular weight is 305 g/mol. The largest absolute Gasteiger partial charge is 0.515 e. The Hall–Kier alpha value is -3.10. The van der Waals surface area contributed by atoms with Gasteiger partial charge in [0.2, 0.25) is 0 Å². The molecule has 114 valence electrons. The Morgan fingerprint density at radius 2 is 2.36 bits per heavy atom. The molecule has 0 atom stereocenters. The van der Waals surface area contributed by atoms with E-state index in [-0.39, 0.29) is 24.8 Å². The molecule has 1 aromatic carbocycles. The van der Waals surface area contributed by atoms with Crippen LogP contribution < -0.4 is 9.47 Å². The number of fused-ring (bicyclic) bond motifs is 3. The molecule has 0 aliphatic carbocycles. The Morgan fingerprint density at radius 3 is 3.09 bits per heavy atom. The van der Waals surface area contributed by atoms with E-state index in [0.717, 1.165) is 0 Å². The fourth-order valence-electron chi connectivity index (χ4n) is 2.08. The van der Waals surface area contributed by atoms with E-state index in [1.807, 2.05) is 0 Å². The number of ether oxygens (including phenoxy) is 3. The van der Waals surface area contributed by atoms with Gasteiger partial charge in [0.05, 0.1) is 23.3 Å². The first kappa shape index (κ1) is 13.9. The van der Waals surface area contributed by atoms with E-state index in [9.17, 15) is 14.9 Å². The van der Waals surface area contributed by atoms with Crippen molar-refractivity contribution in [3.8, 4) is 17.3 Å². The Balaban J connectivity index is 1.94. The number of nitro groups is 1. The number of aromatic nitrogens is 2. The maximum absolute atomic E-state index is 11.4. The molecule has 9 nitrogen and oxygen atoms in total. The fourth-order valence-corrected chi connectivity index (χ4v) is 2.08. The number of hydrogen-bond acceptors (Lipinski definition) is 7. The monoisotopic (exact) mass is 305 g/mol. The second kappa shape index (κ2) is 5.35. The number of carbonyl (C=O) groups is 1. The molecule has 1 aromatic heterocycles. The molecule has 1 aliphatic heterocycles. The predicted molar refractivity (Wildman–Crippen MR) is 72.2 cm³/mol. The summed E-state index contributed by atoms with van der Waals surface area (Å²) in [5, 5.41) is 10.8. The van der Waals surface area contributed by atoms with Gasteiger partial charge >= 0.3 is 6.16 Å². The van der Waals surface area contributed by atoms with Gasteiger partial charge in [-0.25, -0.2) is 9.78 Å². The van der Waals surface area contributed by atoms with Crippen LogP contribution in [0.15, 0.2) is 24.5 Å². The van der Waals surface area contributed by atoms with Gasteiger partial charge in [-0.1, -0.05) is 0 Å². The number of nitro benzene ring substituents is 1. The van der Waals surface area contributed by atoms with Crippen LogP contribution in [0.3, 0.4) is 0 Å². The molecule has 0 amide bonds. The molecule has 0 fully saturated rings. The van der Waals surface area contributed by atoms with E-state index in [1.54, 1.807) is 17.6 Å². The van der Waals surface area contributed by atoms with Crippen LogP contribution in [0, 0.1) is 10.1 Å². The predicted octanol–water partition coefficient (Wildman–Crippen LogP) is 2.21. The summed E-state index contributed by atoms with van der Waals surface area (Å²) in [5.41, 5.74) is 1.04. The van der Waals surface area contributed by atoms with Crippen LogP contribution in [0.2, 0.25) is 0 Å². The highest BCUT2D eigenvalue weighted by molar-refractivity contribution is 5.64. The van der Waals surface area contributed by atoms with Crippen LogP contribution in [0.1, 0.15) is 12.6 Å². The van der Waals surface area contributed by atoms with Gasteiger partial charge in [0, 0.05) is 6.07 Å². The highest BCUT2D eigenvalue weighted by Gasteiger charge is 2.25. The third kappa shape index (κ3) is 2.32. The first-order valence-corrected chi connectivity index (χ1v) is 6.42. The van der Waals surface area contributed by atoms with Crippen molar-refractivity contribution in [3.05, 3.63) is 40.3 Å². The molecule has 0 radical (unpaired) electrons. The zero-order valence-electron chi connectivity index (χ0n) is 11.5. The van der Waals surface area contributed by atoms with Crippen molar-refractivity contribution in [1.29, 1.82) is 0 Å². The number of imidazole rings is 1. The van der Waals surface area contributed by atoms with Crippen LogP contribution in [0.4, 0.5) is 10.5 Å². The van der Waals surface area contributed by atoms with Crippen LogP contribution in [0.5, 0.6) is 11.6 Å². The van der Waals surface area contributed by atoms with Crippen molar-refractivity contribution in [2.75, 3.05) is 6.61 Å². The average Bonchev–Trinajstić information content (AvgIpc) is 2.90. The van der Waals surface area contributed by atoms with Crippen molar-refractivity contribution < 1.29 is 23.9 Å². The normalized spacial score (nSPS) is 11.9. The minimum Gasteiger partial charge on any atom is -0.485 e. The number of carbonyl (C=O) groups excluding carboxylic acids is 1. The van der Waals surface area contributed by atoms with Crippen molar-refractivity contribution in [2.45, 2.75) is 13.5 Å². The molecule has 22 heavy (non-hydrogen) atoms. The second-order valence-electron chi connectivity index (χ2n) is 4.35. The van der Waals surface area contributed by atoms with Crippen molar-refractivity contribution in [3.63, 3.8) is 0 Å². The summed E-state index contributed by atoms with van der Waals surface area (Å²) in [6.45, 7) is 1.93. The fraction of sp³-hybridized carbons (Fsp3) is 0.231. The first-order chi connectivity index (χ1) is 10.6. The van der Waals surface area contributed by atoms with Crippen LogP contribution in [0.25, 0.3) is 5.69 Å². The molecule has 2 aromatic rings. The third-order valence-corrected chi connectivity index (χ3v) is 3.05. The van der Waals surface area contributed by atoms with Crippen LogP contribution in [-0.4, -0.2) is 27.2 Å². The van der Waals surface area contributed by atoms with E-state index in [0.29, 0.717) is 17.1 Å². The minimum absolute atomic E-state index is 0.0645. The van der Waals surface area contributed by atoms with Crippen molar-refractivity contribution in [1.82, 2.24) is 9.55 Å². The van der Waals surface area contributed by atoms with E-state index < -0.39 is 11.1 Å². The van der Waals surface area contributed by atoms with E-state index in [4.69, 9.17) is 14.2 Å². The van der Waals surface area contributed by atoms with E-state index in [1.165, 1.54) is 18.5 Å². The Kier molecular flexibility index (Phi) is 3.37. The van der Waals surface area contributed by atoms with Crippen molar-refractivity contribution >= 4 is 11.8 Å². The lowest BCUT2D eigenvalue weighted by atomic mass is 10.2. The van der Waals surface area contributed by atoms with Gasteiger partial charge in [0.15, 0.2) is 5.75 Å². The zero-order valence-corrected chi connectivity index (χ0v) is 11.5. The summed E-state index contributed by atoms with van der Waals surface area (Å²) in [6.07, 6.45) is 0.607. The molecule has 9 heteroatoms. The second-order valence-corrected chi connectivity index (χ2v) is 4.35. The van der Waals surface area contributed by atoms with Gasteiger partial charge in [0.25, 0.3) is 11.6 Å². The van der Waals surface area contributed by atoms with Crippen molar-refractivity contribution in [2.24, 2.45) is 0 Å². The van der Waals surface area contributed by atoms with Gasteiger partial charge < -0.3 is 14.2 Å².